The Morgan fingerprint density at radius 1 is 1.22 bits per heavy atom. The van der Waals surface area contributed by atoms with Gasteiger partial charge in [0.2, 0.25) is 5.13 Å². The quantitative estimate of drug-likeness (QED) is 0.500. The average molecular weight is 431 g/mol. The molecule has 0 aliphatic rings. The lowest BCUT2D eigenvalue weighted by molar-refractivity contribution is 0.266. The fourth-order valence-corrected chi connectivity index (χ4v) is 3.55. The number of pyridine rings is 1. The number of anilines is 2. The molecule has 2 aromatic heterocycles. The van der Waals surface area contributed by atoms with Crippen LogP contribution < -0.4 is 5.32 Å². The molecule has 0 saturated carbocycles. The van der Waals surface area contributed by atoms with Crippen molar-refractivity contribution in [1.29, 1.82) is 0 Å². The molecule has 0 atom stereocenters. The summed E-state index contributed by atoms with van der Waals surface area (Å²) in [5, 5.41) is 3.71. The van der Waals surface area contributed by atoms with E-state index in [1.165, 1.54) is 17.9 Å². The molecule has 27 heavy (non-hydrogen) atoms. The fourth-order valence-electron chi connectivity index (χ4n) is 1.83. The Morgan fingerprint density at radius 3 is 2.48 bits per heavy atom. The molecule has 0 amide bonds. The van der Waals surface area contributed by atoms with E-state index in [1.54, 1.807) is 6.07 Å². The molecule has 0 aliphatic heterocycles. The van der Waals surface area contributed by atoms with Crippen LogP contribution in [0, 0.1) is 0 Å². The Balaban J connectivity index is 2.23. The second kappa shape index (κ2) is 8.31. The second-order valence-corrected chi connectivity index (χ2v) is 14.9. The Kier molecular flexibility index (Phi) is 6.74. The molecule has 0 bridgehead atoms. The van der Waals surface area contributed by atoms with Crippen LogP contribution in [0.5, 0.6) is 0 Å². The minimum atomic E-state index is -3.58. The smallest absolute Gasteiger partial charge is 0.264 e. The topological polar surface area (TPSA) is 103 Å². The molecule has 2 heterocycles. The summed E-state index contributed by atoms with van der Waals surface area (Å²) in [6.45, 7) is 11.0. The van der Waals surface area contributed by atoms with Gasteiger partial charge in [0, 0.05) is 17.1 Å². The number of hydrogen-bond acceptors (Lipinski definition) is 9. The summed E-state index contributed by atoms with van der Waals surface area (Å²) in [5.74, 6) is 0.537. The summed E-state index contributed by atoms with van der Waals surface area (Å²) in [6, 6.07) is 3.67. The minimum Gasteiger partial charge on any atom is -0.412 e. The van der Waals surface area contributed by atoms with Gasteiger partial charge >= 0.3 is 0 Å². The number of nitrogens with zero attached hydrogens (tertiary/aromatic N) is 3. The molecule has 0 aliphatic carbocycles. The molecule has 1 N–H and O–H groups in total. The van der Waals surface area contributed by atoms with Crippen LogP contribution in [0.15, 0.2) is 18.5 Å². The largest absolute Gasteiger partial charge is 0.412 e. The summed E-state index contributed by atoms with van der Waals surface area (Å²) >= 11 is 1.20. The van der Waals surface area contributed by atoms with Crippen LogP contribution in [0.3, 0.4) is 0 Å². The molecule has 0 aromatic carbocycles. The Labute approximate surface area is 165 Å². The summed E-state index contributed by atoms with van der Waals surface area (Å²) in [6.07, 6.45) is 2.46. The van der Waals surface area contributed by atoms with Gasteiger partial charge in [0.1, 0.15) is 18.8 Å². The van der Waals surface area contributed by atoms with E-state index in [4.69, 9.17) is 8.61 Å². The Hall–Kier alpha value is -1.40. The zero-order chi connectivity index (χ0) is 20.3. The summed E-state index contributed by atoms with van der Waals surface area (Å²) in [5.41, 5.74) is 1.31. The van der Waals surface area contributed by atoms with Crippen molar-refractivity contribution in [1.82, 2.24) is 14.3 Å². The highest BCUT2D eigenvalue weighted by atomic mass is 32.2. The third-order valence-electron chi connectivity index (χ3n) is 4.47. The molecule has 150 valence electrons. The molecule has 2 rings (SSSR count). The molecular weight excluding hydrogens is 404 g/mol. The highest BCUT2D eigenvalue weighted by Crippen LogP contribution is 2.37. The van der Waals surface area contributed by atoms with Crippen LogP contribution in [0.1, 0.15) is 32.0 Å². The number of nitrogens with one attached hydrogen (secondary N) is 1. The van der Waals surface area contributed by atoms with Crippen LogP contribution >= 0.6 is 11.5 Å². The molecule has 0 radical (unpaired) electrons. The van der Waals surface area contributed by atoms with Gasteiger partial charge in [-0.1, -0.05) is 26.8 Å². The molecule has 0 fully saturated rings. The molecule has 0 unspecified atom stereocenters. The van der Waals surface area contributed by atoms with E-state index < -0.39 is 18.4 Å². The summed E-state index contributed by atoms with van der Waals surface area (Å²) in [7, 11) is -5.54. The average Bonchev–Trinajstić information content (AvgIpc) is 3.03. The van der Waals surface area contributed by atoms with Crippen LogP contribution in [0.2, 0.25) is 18.1 Å². The first-order valence-electron chi connectivity index (χ1n) is 8.38. The van der Waals surface area contributed by atoms with Crippen molar-refractivity contribution in [2.24, 2.45) is 0 Å². The van der Waals surface area contributed by atoms with E-state index in [1.807, 2.05) is 6.07 Å². The highest BCUT2D eigenvalue weighted by molar-refractivity contribution is 7.85. The SMILES string of the molecule is CC(C)(C)[Si](C)(C)OCc1ccc(Nc2ncns2)nc1COS(C)(=O)=O. The standard InChI is InChI=1S/C16H26N4O4S2Si/c1-16(2,3)27(5,6)24-9-12-7-8-14(20-15-17-11-18-25-15)19-13(12)10-23-26(4,21)22/h7-8,11H,9-10H2,1-6H3,(H,17,18,19,20). The van der Waals surface area contributed by atoms with Crippen molar-refractivity contribution in [2.75, 3.05) is 11.6 Å². The summed E-state index contributed by atoms with van der Waals surface area (Å²) in [4.78, 5) is 8.54. The number of rotatable bonds is 8. The van der Waals surface area contributed by atoms with Crippen molar-refractivity contribution in [3.8, 4) is 0 Å². The van der Waals surface area contributed by atoms with E-state index in [0.29, 0.717) is 23.3 Å². The van der Waals surface area contributed by atoms with E-state index in [9.17, 15) is 8.42 Å². The molecule has 2 aromatic rings. The van der Waals surface area contributed by atoms with Crippen LogP contribution in [-0.2, 0) is 31.9 Å². The van der Waals surface area contributed by atoms with Crippen LogP contribution in [0.25, 0.3) is 0 Å². The number of hydrogen-bond donors (Lipinski definition) is 1. The predicted octanol–water partition coefficient (Wildman–Crippen LogP) is 3.67. The van der Waals surface area contributed by atoms with Crippen LogP contribution in [-0.4, -0.2) is 37.3 Å². The van der Waals surface area contributed by atoms with Gasteiger partial charge < -0.3 is 9.74 Å². The van der Waals surface area contributed by atoms with Crippen molar-refractivity contribution in [3.63, 3.8) is 0 Å². The van der Waals surface area contributed by atoms with Gasteiger partial charge in [-0.15, -0.1) is 0 Å². The minimum absolute atomic E-state index is 0.0726. The van der Waals surface area contributed by atoms with Gasteiger partial charge in [0.15, 0.2) is 8.32 Å². The third kappa shape index (κ3) is 6.61. The lowest BCUT2D eigenvalue weighted by atomic mass is 10.2. The third-order valence-corrected chi connectivity index (χ3v) is 10.1. The monoisotopic (exact) mass is 430 g/mol. The Morgan fingerprint density at radius 2 is 1.93 bits per heavy atom. The van der Waals surface area contributed by atoms with Crippen molar-refractivity contribution >= 4 is 40.9 Å². The van der Waals surface area contributed by atoms with Crippen molar-refractivity contribution < 1.29 is 17.0 Å². The van der Waals surface area contributed by atoms with Crippen molar-refractivity contribution in [3.05, 3.63) is 29.7 Å². The molecular formula is C16H26N4O4S2Si. The fraction of sp³-hybridized carbons (Fsp3) is 0.562. The van der Waals surface area contributed by atoms with E-state index >= 15 is 0 Å². The first kappa shape index (κ1) is 21.9. The highest BCUT2D eigenvalue weighted by Gasteiger charge is 2.37. The van der Waals surface area contributed by atoms with Gasteiger partial charge in [-0.25, -0.2) is 9.97 Å². The first-order valence-corrected chi connectivity index (χ1v) is 13.9. The van der Waals surface area contributed by atoms with E-state index in [2.05, 4.69) is 53.5 Å². The lowest BCUT2D eigenvalue weighted by Gasteiger charge is -2.36. The van der Waals surface area contributed by atoms with E-state index in [-0.39, 0.29) is 11.6 Å². The van der Waals surface area contributed by atoms with E-state index in [0.717, 1.165) is 11.8 Å². The maximum absolute atomic E-state index is 11.4. The van der Waals surface area contributed by atoms with Gasteiger partial charge in [-0.3, -0.25) is 4.18 Å². The second-order valence-electron chi connectivity index (χ2n) is 7.69. The lowest BCUT2D eigenvalue weighted by Crippen LogP contribution is -2.40. The molecule has 0 spiro atoms. The normalized spacial score (nSPS) is 13.0. The Bertz CT molecular complexity index is 865. The zero-order valence-corrected chi connectivity index (χ0v) is 19.1. The first-order chi connectivity index (χ1) is 12.4. The van der Waals surface area contributed by atoms with Gasteiger partial charge in [0.05, 0.1) is 18.6 Å². The van der Waals surface area contributed by atoms with Crippen LogP contribution in [0.4, 0.5) is 10.9 Å². The maximum atomic E-state index is 11.4. The summed E-state index contributed by atoms with van der Waals surface area (Å²) < 4.78 is 37.9. The van der Waals surface area contributed by atoms with Gasteiger partial charge in [0.25, 0.3) is 10.1 Å². The van der Waals surface area contributed by atoms with Gasteiger partial charge in [-0.2, -0.15) is 12.8 Å². The van der Waals surface area contributed by atoms with Gasteiger partial charge in [-0.05, 0) is 24.2 Å². The molecule has 11 heteroatoms. The predicted molar refractivity (Wildman–Crippen MR) is 109 cm³/mol. The van der Waals surface area contributed by atoms with Crippen molar-refractivity contribution in [2.45, 2.75) is 52.1 Å². The molecule has 0 saturated heterocycles. The number of aromatic nitrogens is 3. The molecule has 8 nitrogen and oxygen atoms in total. The maximum Gasteiger partial charge on any atom is 0.264 e. The zero-order valence-electron chi connectivity index (χ0n) is 16.4.